The van der Waals surface area contributed by atoms with E-state index in [0.717, 1.165) is 0 Å². The molecular weight excluding hydrogens is 1340 g/mol. The molecule has 0 aliphatic carbocycles. The number of methoxy groups -OCH3 is 19. The molecule has 100 heavy (non-hydrogen) atoms. The largest absolute Gasteiger partial charge is 0.382 e. The van der Waals surface area contributed by atoms with Crippen molar-refractivity contribution in [2.24, 2.45) is 0 Å². The maximum Gasteiger partial charge on any atom is 0.187 e. The Morgan fingerprint density at radius 2 is 0.380 bits per heavy atom. The molecule has 0 spiro atoms. The topological polar surface area (TPSA) is 340 Å². The molecule has 35 atom stereocenters. The summed E-state index contributed by atoms with van der Waals surface area (Å²) in [7, 11) is 28.4. The van der Waals surface area contributed by atoms with Crippen molar-refractivity contribution in [1.29, 1.82) is 0 Å². The zero-order valence-electron chi connectivity index (χ0n) is 60.8. The Morgan fingerprint density at radius 3 is 0.580 bits per heavy atom. The van der Waals surface area contributed by atoms with Crippen LogP contribution >= 0.6 is 0 Å². The number of fused-ring (bicyclic) bond motifs is 1. The van der Waals surface area contributed by atoms with Gasteiger partial charge in [0, 0.05) is 135 Å². The maximum atomic E-state index is 13.4. The molecule has 582 valence electrons. The molecular formula is C64H110O36. The number of rotatable bonds is 26. The smallest absolute Gasteiger partial charge is 0.187 e. The van der Waals surface area contributed by atoms with Crippen LogP contribution in [0.15, 0.2) is 0 Å². The molecule has 0 unspecified atom stereocenters. The Hall–Kier alpha value is -1.73. The summed E-state index contributed by atoms with van der Waals surface area (Å²) in [6.45, 7) is -1.21. The van der Waals surface area contributed by atoms with Crippen LogP contribution in [0.4, 0.5) is 0 Å². The number of hydrogen-bond donors (Lipinski definition) is 0. The lowest BCUT2D eigenvalue weighted by Crippen LogP contribution is -2.69. The average Bonchev–Trinajstić information content (AvgIpc) is 0.974. The van der Waals surface area contributed by atoms with Gasteiger partial charge in [-0.25, -0.2) is 0 Å². The van der Waals surface area contributed by atoms with E-state index in [1.54, 1.807) is 0 Å². The van der Waals surface area contributed by atoms with Crippen LogP contribution in [0.5, 0.6) is 0 Å². The van der Waals surface area contributed by atoms with Gasteiger partial charge in [0.25, 0.3) is 0 Å². The van der Waals surface area contributed by atoms with Crippen molar-refractivity contribution < 1.29 is 171 Å². The molecule has 21 saturated heterocycles. The number of ether oxygens (including phenoxy) is 35. The summed E-state index contributed by atoms with van der Waals surface area (Å²) in [6.07, 6.45) is -37.5. The SMILES string of the molecule is COC[C@H]1O[C@@H]2O[C@H]3[C@H](OC)[C@@H](OC)[C@@H](O[C@H]4[C@H](OC)[C@@H](OC)[C@@H](O[C@H]5[C@H](OC)[C@@H](OC)[C@@H](O[C@H]6[C@@H]7OCC(=O)CO[C@H]7[C@@H](O[C@H]7[C@H](OC)[C@@H](OC)[C@@H](O[C@H]8[C@H](OC)[C@@H](OC)[C@@H](O[C@H]1[C@H](OC)[C@H]2OC)O[C@@H]8COC)O[C@@H]7COC)O[C@@H]6COC)O[C@@H]5COC)O[C@@H]4COC)O[C@@H]3COC. The van der Waals surface area contributed by atoms with Crippen molar-refractivity contribution in [3.8, 4) is 0 Å². The van der Waals surface area contributed by atoms with E-state index >= 15 is 0 Å². The van der Waals surface area contributed by atoms with Crippen molar-refractivity contribution in [3.05, 3.63) is 0 Å². The highest BCUT2D eigenvalue weighted by Crippen LogP contribution is 2.43. The highest BCUT2D eigenvalue weighted by Gasteiger charge is 2.62. The Bertz CT molecular complexity index is 2350. The molecule has 0 aromatic rings. The average molecular weight is 1460 g/mol. The quantitative estimate of drug-likeness (QED) is 0.0889. The van der Waals surface area contributed by atoms with Gasteiger partial charge < -0.3 is 166 Å². The van der Waals surface area contributed by atoms with Crippen molar-refractivity contribution in [2.75, 3.05) is 195 Å². The summed E-state index contributed by atoms with van der Waals surface area (Å²) in [6, 6.07) is 0. The number of carbonyl (C=O) groups excluding carboxylic acids is 1. The molecule has 21 heterocycles. The van der Waals surface area contributed by atoms with E-state index in [1.165, 1.54) is 135 Å². The van der Waals surface area contributed by atoms with Crippen molar-refractivity contribution in [1.82, 2.24) is 0 Å². The first-order chi connectivity index (χ1) is 48.7. The second kappa shape index (κ2) is 39.9. The third-order valence-electron chi connectivity index (χ3n) is 19.6. The van der Waals surface area contributed by atoms with Gasteiger partial charge in [0.05, 0.1) is 46.2 Å². The normalized spacial score (nSPS) is 46.2. The lowest BCUT2D eigenvalue weighted by Gasteiger charge is -2.52. The predicted molar refractivity (Wildman–Crippen MR) is 332 cm³/mol. The Labute approximate surface area is 584 Å². The van der Waals surface area contributed by atoms with E-state index in [0.29, 0.717) is 0 Å². The molecule has 0 radical (unpaired) electrons. The van der Waals surface area contributed by atoms with E-state index in [4.69, 9.17) is 166 Å². The molecule has 0 saturated carbocycles. The molecule has 36 heteroatoms. The van der Waals surface area contributed by atoms with E-state index in [9.17, 15) is 4.79 Å². The van der Waals surface area contributed by atoms with Crippen molar-refractivity contribution in [2.45, 2.75) is 215 Å². The van der Waals surface area contributed by atoms with Gasteiger partial charge in [0.1, 0.15) is 184 Å². The van der Waals surface area contributed by atoms with Crippen LogP contribution in [0, 0.1) is 0 Å². The molecule has 21 rings (SSSR count). The Morgan fingerprint density at radius 1 is 0.210 bits per heavy atom. The lowest BCUT2D eigenvalue weighted by molar-refractivity contribution is -0.402. The second-order valence-corrected chi connectivity index (χ2v) is 25.2. The van der Waals surface area contributed by atoms with Gasteiger partial charge in [-0.05, 0) is 0 Å². The van der Waals surface area contributed by atoms with Crippen LogP contribution in [0.25, 0.3) is 0 Å². The van der Waals surface area contributed by atoms with Gasteiger partial charge in [-0.15, -0.1) is 0 Å². The summed E-state index contributed by atoms with van der Waals surface area (Å²) in [5, 5.41) is 0. The van der Waals surface area contributed by atoms with Crippen LogP contribution in [-0.4, -0.2) is 415 Å². The monoisotopic (exact) mass is 1450 g/mol. The molecule has 21 aliphatic heterocycles. The van der Waals surface area contributed by atoms with Gasteiger partial charge >= 0.3 is 0 Å². The summed E-state index contributed by atoms with van der Waals surface area (Å²) >= 11 is 0. The minimum Gasteiger partial charge on any atom is -0.382 e. The predicted octanol–water partition coefficient (Wildman–Crippen LogP) is -2.17. The van der Waals surface area contributed by atoms with E-state index in [1.807, 2.05) is 0 Å². The highest BCUT2D eigenvalue weighted by molar-refractivity contribution is 5.81. The standard InChI is InChI=1S/C64H110O36/c1-66-22-30-37-44(73-8)52(80-15)59(88-30)96-39-32(24-68-3)90-61(54(82-17)46(39)75-10)98-41-34(26-70-5)92-63(56(84-19)48(41)77-12)100-43-36(28-72-7)93-64(57-50(43)85-20-29(65)21-86-57)99-42-35(27-71-6)91-62(55(83-18)49(42)78-13)97-40-33(25-69-4)89-60(53(81-16)47(40)76-11)95-38-31(23-67-2)87-58(94-37)51(79-14)45(38)74-9/h30-64H,20-28H2,1-19H3/t30-,31-,32-,33-,34-,35-,36-,37-,38-,39-,40-,41-,42-,43-,44+,45+,46+,47+,48+,49+,50+,51-,52-,53-,54-,55-,56-,57-,58-,59-,60-,61-,62-,63-,64-/m1/s1. The number of carbonyl (C=O) groups is 1. The van der Waals surface area contributed by atoms with E-state index in [-0.39, 0.29) is 65.2 Å². The number of ketones is 1. The van der Waals surface area contributed by atoms with Crippen LogP contribution in [0.3, 0.4) is 0 Å². The Kier molecular flexibility index (Phi) is 32.9. The fraction of sp³-hybridized carbons (Fsp3) is 0.984. The number of Topliss-reactive ketones (excluding diaryl/α,β-unsaturated/α-hetero) is 1. The minimum absolute atomic E-state index is 0.0484. The van der Waals surface area contributed by atoms with Gasteiger partial charge in [0.15, 0.2) is 49.8 Å². The van der Waals surface area contributed by atoms with Crippen LogP contribution in [-0.2, 0) is 171 Å². The first-order valence-electron chi connectivity index (χ1n) is 33.4. The second-order valence-electron chi connectivity index (χ2n) is 25.2. The fourth-order valence-corrected chi connectivity index (χ4v) is 15.1. The van der Waals surface area contributed by atoms with E-state index < -0.39 is 215 Å². The maximum absolute atomic E-state index is 13.4. The van der Waals surface area contributed by atoms with Crippen LogP contribution < -0.4 is 0 Å². The highest BCUT2D eigenvalue weighted by atomic mass is 16.8. The lowest BCUT2D eigenvalue weighted by atomic mass is 9.94. The molecule has 21 aliphatic rings. The zero-order valence-corrected chi connectivity index (χ0v) is 60.8. The fourth-order valence-electron chi connectivity index (χ4n) is 15.1. The van der Waals surface area contributed by atoms with Crippen LogP contribution in [0.2, 0.25) is 0 Å². The Balaban J connectivity index is 1.14. The van der Waals surface area contributed by atoms with E-state index in [2.05, 4.69) is 0 Å². The minimum atomic E-state index is -1.34. The van der Waals surface area contributed by atoms with Crippen molar-refractivity contribution in [3.63, 3.8) is 0 Å². The first-order valence-corrected chi connectivity index (χ1v) is 33.4. The van der Waals surface area contributed by atoms with Gasteiger partial charge in [-0.1, -0.05) is 0 Å². The first kappa shape index (κ1) is 82.3. The summed E-state index contributed by atoms with van der Waals surface area (Å²) in [4.78, 5) is 13.4. The van der Waals surface area contributed by atoms with Gasteiger partial charge in [-0.3, -0.25) is 4.79 Å². The van der Waals surface area contributed by atoms with Gasteiger partial charge in [0.2, 0.25) is 0 Å². The molecule has 14 bridgehead atoms. The molecule has 0 N–H and O–H groups in total. The summed E-state index contributed by atoms with van der Waals surface area (Å²) in [5.41, 5.74) is 0. The number of hydrogen-bond acceptors (Lipinski definition) is 36. The zero-order chi connectivity index (χ0) is 71.9. The molecule has 0 aromatic carbocycles. The molecule has 0 amide bonds. The molecule has 0 aromatic heterocycles. The summed E-state index contributed by atoms with van der Waals surface area (Å²) < 4.78 is 227. The van der Waals surface area contributed by atoms with Crippen molar-refractivity contribution >= 4 is 5.78 Å². The third-order valence-corrected chi connectivity index (χ3v) is 19.6. The molecule has 21 fully saturated rings. The summed E-state index contributed by atoms with van der Waals surface area (Å²) in [5.74, 6) is -0.367. The van der Waals surface area contributed by atoms with Gasteiger partial charge in [-0.2, -0.15) is 0 Å². The molecule has 36 nitrogen and oxygen atoms in total. The van der Waals surface area contributed by atoms with Crippen LogP contribution in [0.1, 0.15) is 0 Å². The third kappa shape index (κ3) is 17.8.